The Morgan fingerprint density at radius 3 is 1.53 bits per heavy atom. The zero-order valence-corrected chi connectivity index (χ0v) is 22.0. The lowest BCUT2D eigenvalue weighted by molar-refractivity contribution is 1.55. The highest BCUT2D eigenvalue weighted by Gasteiger charge is 2.48. The van der Waals surface area contributed by atoms with Crippen molar-refractivity contribution in [2.45, 2.75) is 0 Å². The first-order chi connectivity index (χ1) is 18.8. The second kappa shape index (κ2) is 9.33. The van der Waals surface area contributed by atoms with E-state index in [0.29, 0.717) is 0 Å². The second-order valence-corrected chi connectivity index (χ2v) is 13.6. The molecule has 38 heavy (non-hydrogen) atoms. The molecule has 0 amide bonds. The summed E-state index contributed by atoms with van der Waals surface area (Å²) in [5.74, 6) is 0. The molecule has 1 aliphatic heterocycles. The molecule has 7 rings (SSSR count). The lowest BCUT2D eigenvalue weighted by Crippen LogP contribution is -2.72. The predicted octanol–water partition coefficient (Wildman–Crippen LogP) is 6.46. The number of anilines is 2. The molecule has 1 heterocycles. The smallest absolute Gasteiger partial charge is 0.180 e. The summed E-state index contributed by atoms with van der Waals surface area (Å²) >= 11 is 0. The van der Waals surface area contributed by atoms with Crippen LogP contribution in [0, 0.1) is 0 Å². The van der Waals surface area contributed by atoms with E-state index < -0.39 is 8.07 Å². The van der Waals surface area contributed by atoms with Gasteiger partial charge in [-0.15, -0.1) is 0 Å². The average molecular weight is 502 g/mol. The van der Waals surface area contributed by atoms with Crippen molar-refractivity contribution in [2.24, 2.45) is 0 Å². The quantitative estimate of drug-likeness (QED) is 0.267. The normalized spacial score (nSPS) is 12.9. The third-order valence-electron chi connectivity index (χ3n) is 7.74. The van der Waals surface area contributed by atoms with E-state index in [-0.39, 0.29) is 0 Å². The Hall–Kier alpha value is -4.66. The predicted molar refractivity (Wildman–Crippen MR) is 164 cm³/mol. The van der Waals surface area contributed by atoms with E-state index in [0.717, 1.165) is 11.4 Å². The van der Waals surface area contributed by atoms with Gasteiger partial charge in [-0.25, -0.2) is 0 Å². The Bertz CT molecular complexity index is 1670. The Kier molecular flexibility index (Phi) is 5.53. The van der Waals surface area contributed by atoms with E-state index >= 15 is 0 Å². The van der Waals surface area contributed by atoms with E-state index in [1.54, 1.807) is 0 Å². The van der Waals surface area contributed by atoms with Gasteiger partial charge < -0.3 is 5.32 Å². The van der Waals surface area contributed by atoms with Crippen LogP contribution in [-0.2, 0) is 0 Å². The van der Waals surface area contributed by atoms with Gasteiger partial charge in [-0.3, -0.25) is 0 Å². The van der Waals surface area contributed by atoms with Crippen LogP contribution in [-0.4, -0.2) is 8.07 Å². The van der Waals surface area contributed by atoms with Gasteiger partial charge >= 0.3 is 0 Å². The van der Waals surface area contributed by atoms with E-state index in [2.05, 4.69) is 163 Å². The van der Waals surface area contributed by atoms with E-state index in [1.807, 2.05) is 0 Å². The molecule has 180 valence electrons. The molecule has 0 saturated carbocycles. The molecule has 0 aromatic heterocycles. The highest BCUT2D eigenvalue weighted by molar-refractivity contribution is 7.22. The molecule has 6 aromatic carbocycles. The molecular weight excluding hydrogens is 474 g/mol. The van der Waals surface area contributed by atoms with Crippen LogP contribution < -0.4 is 26.1 Å². The van der Waals surface area contributed by atoms with E-state index in [1.165, 1.54) is 43.0 Å². The summed E-state index contributed by atoms with van der Waals surface area (Å²) in [4.78, 5) is 0. The molecule has 2 heteroatoms. The topological polar surface area (TPSA) is 12.0 Å². The lowest BCUT2D eigenvalue weighted by atomic mass is 10.0. The van der Waals surface area contributed by atoms with Crippen molar-refractivity contribution in [3.8, 4) is 22.3 Å². The number of fused-ring (bicyclic) bond motifs is 3. The first-order valence-corrected chi connectivity index (χ1v) is 15.1. The SMILES string of the molecule is c1ccc(-c2ccc(Nc3ccc4c(c3)[Si](c3ccccc3)(c3ccccc3)c3ccccc3-4)cc2)cc1. The van der Waals surface area contributed by atoms with Crippen molar-refractivity contribution in [1.82, 2.24) is 0 Å². The van der Waals surface area contributed by atoms with E-state index in [9.17, 15) is 0 Å². The molecule has 0 radical (unpaired) electrons. The highest BCUT2D eigenvalue weighted by Crippen LogP contribution is 2.31. The van der Waals surface area contributed by atoms with Crippen molar-refractivity contribution < 1.29 is 0 Å². The van der Waals surface area contributed by atoms with Gasteiger partial charge in [0.1, 0.15) is 0 Å². The van der Waals surface area contributed by atoms with Crippen LogP contribution in [0.2, 0.25) is 0 Å². The molecule has 6 aromatic rings. The number of benzene rings is 6. The summed E-state index contributed by atoms with van der Waals surface area (Å²) in [5.41, 5.74) is 7.38. The summed E-state index contributed by atoms with van der Waals surface area (Å²) < 4.78 is 0. The summed E-state index contributed by atoms with van der Waals surface area (Å²) in [6.45, 7) is 0. The first-order valence-electron chi connectivity index (χ1n) is 13.1. The van der Waals surface area contributed by atoms with Crippen LogP contribution in [0.3, 0.4) is 0 Å². The van der Waals surface area contributed by atoms with Gasteiger partial charge in [-0.1, -0.05) is 133 Å². The van der Waals surface area contributed by atoms with Crippen LogP contribution >= 0.6 is 0 Å². The molecule has 0 bridgehead atoms. The Morgan fingerprint density at radius 1 is 0.368 bits per heavy atom. The van der Waals surface area contributed by atoms with Crippen molar-refractivity contribution in [1.29, 1.82) is 0 Å². The maximum absolute atomic E-state index is 3.70. The fraction of sp³-hybridized carbons (Fsp3) is 0. The van der Waals surface area contributed by atoms with Gasteiger partial charge in [0.05, 0.1) is 0 Å². The minimum Gasteiger partial charge on any atom is -0.356 e. The monoisotopic (exact) mass is 501 g/mol. The van der Waals surface area contributed by atoms with Gasteiger partial charge in [-0.05, 0) is 67.3 Å². The molecule has 0 atom stereocenters. The van der Waals surface area contributed by atoms with Gasteiger partial charge in [0, 0.05) is 11.4 Å². The fourth-order valence-electron chi connectivity index (χ4n) is 6.07. The number of nitrogens with one attached hydrogen (secondary N) is 1. The molecule has 0 unspecified atom stereocenters. The summed E-state index contributed by atoms with van der Waals surface area (Å²) in [7, 11) is -2.47. The Balaban J connectivity index is 1.37. The maximum atomic E-state index is 3.70. The first kappa shape index (κ1) is 22.5. The third kappa shape index (κ3) is 3.61. The zero-order chi connectivity index (χ0) is 25.4. The fourth-order valence-corrected chi connectivity index (χ4v) is 11.3. The molecule has 0 spiro atoms. The highest BCUT2D eigenvalue weighted by atomic mass is 28.3. The molecule has 0 saturated heterocycles. The molecular formula is C36H27NSi. The number of hydrogen-bond acceptors (Lipinski definition) is 1. The minimum atomic E-state index is -2.47. The molecule has 0 aliphatic carbocycles. The van der Waals surface area contributed by atoms with Crippen LogP contribution in [0.4, 0.5) is 11.4 Å². The summed E-state index contributed by atoms with van der Waals surface area (Å²) in [5, 5.41) is 9.45. The Morgan fingerprint density at radius 2 is 0.868 bits per heavy atom. The van der Waals surface area contributed by atoms with Crippen molar-refractivity contribution in [3.63, 3.8) is 0 Å². The summed E-state index contributed by atoms with van der Waals surface area (Å²) in [6.07, 6.45) is 0. The van der Waals surface area contributed by atoms with Crippen LogP contribution in [0.25, 0.3) is 22.3 Å². The lowest BCUT2D eigenvalue weighted by Gasteiger charge is -2.31. The molecule has 1 N–H and O–H groups in total. The van der Waals surface area contributed by atoms with Gasteiger partial charge in [0.2, 0.25) is 0 Å². The van der Waals surface area contributed by atoms with Crippen LogP contribution in [0.5, 0.6) is 0 Å². The molecule has 0 fully saturated rings. The second-order valence-electron chi connectivity index (χ2n) is 9.86. The molecule has 1 nitrogen and oxygen atoms in total. The minimum absolute atomic E-state index is 1.09. The largest absolute Gasteiger partial charge is 0.356 e. The van der Waals surface area contributed by atoms with Gasteiger partial charge in [0.25, 0.3) is 0 Å². The zero-order valence-electron chi connectivity index (χ0n) is 21.0. The summed E-state index contributed by atoms with van der Waals surface area (Å²) in [6, 6.07) is 57.5. The van der Waals surface area contributed by atoms with Crippen LogP contribution in [0.1, 0.15) is 0 Å². The van der Waals surface area contributed by atoms with E-state index in [4.69, 9.17) is 0 Å². The molecule has 1 aliphatic rings. The van der Waals surface area contributed by atoms with Crippen molar-refractivity contribution in [3.05, 3.63) is 158 Å². The third-order valence-corrected chi connectivity index (χ3v) is 12.6. The number of rotatable bonds is 5. The average Bonchev–Trinajstić information content (AvgIpc) is 3.29. The van der Waals surface area contributed by atoms with Crippen molar-refractivity contribution in [2.75, 3.05) is 5.32 Å². The van der Waals surface area contributed by atoms with Gasteiger partial charge in [-0.2, -0.15) is 0 Å². The van der Waals surface area contributed by atoms with Gasteiger partial charge in [0.15, 0.2) is 8.07 Å². The standard InChI is InChI=1S/C36H27NSi/c1-4-12-27(13-5-1)28-20-22-29(23-21-28)37-30-24-25-34-33-18-10-11-19-35(33)38(36(34)26-30,31-14-6-2-7-15-31)32-16-8-3-9-17-32/h1-26,37H. The van der Waals surface area contributed by atoms with Crippen molar-refractivity contribution >= 4 is 40.2 Å². The Labute approximate surface area is 225 Å². The maximum Gasteiger partial charge on any atom is 0.180 e. The van der Waals surface area contributed by atoms with Crippen LogP contribution in [0.15, 0.2) is 158 Å². The number of hydrogen-bond donors (Lipinski definition) is 1.